The van der Waals surface area contributed by atoms with E-state index >= 15 is 0 Å². The lowest BCUT2D eigenvalue weighted by Crippen LogP contribution is -2.43. The van der Waals surface area contributed by atoms with Crippen LogP contribution in [0.4, 0.5) is 4.79 Å². The zero-order valence-electron chi connectivity index (χ0n) is 16.3. The van der Waals surface area contributed by atoms with Crippen molar-refractivity contribution in [2.75, 3.05) is 6.54 Å². The molecule has 3 aromatic rings. The highest BCUT2D eigenvalue weighted by Crippen LogP contribution is 2.30. The van der Waals surface area contributed by atoms with Gasteiger partial charge in [-0.2, -0.15) is 0 Å². The molecule has 11 heteroatoms. The van der Waals surface area contributed by atoms with Crippen LogP contribution in [-0.2, 0) is 15.1 Å². The molecule has 4 amide bonds. The van der Waals surface area contributed by atoms with E-state index in [2.05, 4.69) is 26.2 Å². The number of hydrogen-bond acceptors (Lipinski definition) is 7. The van der Waals surface area contributed by atoms with Crippen LogP contribution in [-0.4, -0.2) is 49.5 Å². The largest absolute Gasteiger partial charge is 0.347 e. The molecule has 154 valence electrons. The highest BCUT2D eigenvalue weighted by Gasteiger charge is 2.49. The van der Waals surface area contributed by atoms with E-state index in [0.717, 1.165) is 9.78 Å². The number of carbonyl (C=O) groups is 3. The maximum atomic E-state index is 13.1. The van der Waals surface area contributed by atoms with Crippen molar-refractivity contribution in [3.05, 3.63) is 58.5 Å². The Hall–Kier alpha value is -3.60. The minimum atomic E-state index is -1.30. The number of rotatable bonds is 6. The molecule has 0 spiro atoms. The zero-order valence-corrected chi connectivity index (χ0v) is 17.1. The number of thiophene rings is 1. The van der Waals surface area contributed by atoms with Gasteiger partial charge in [0.1, 0.15) is 18.4 Å². The SMILES string of the molecule is CC(NC(=O)CN1C(=O)NC(C)(c2cccc(-n3cnnn3)c2)C1=O)c1cccs1. The number of nitrogens with zero attached hydrogens (tertiary/aromatic N) is 5. The van der Waals surface area contributed by atoms with E-state index < -0.39 is 23.4 Å². The molecule has 2 aromatic heterocycles. The summed E-state index contributed by atoms with van der Waals surface area (Å²) in [6.45, 7) is 3.10. The van der Waals surface area contributed by atoms with Crippen molar-refractivity contribution in [1.82, 2.24) is 35.7 Å². The van der Waals surface area contributed by atoms with E-state index in [0.29, 0.717) is 11.3 Å². The first-order chi connectivity index (χ1) is 14.4. The van der Waals surface area contributed by atoms with Gasteiger partial charge in [0, 0.05) is 4.88 Å². The molecule has 0 saturated carbocycles. The Bertz CT molecular complexity index is 1080. The van der Waals surface area contributed by atoms with Gasteiger partial charge in [-0.05, 0) is 53.4 Å². The van der Waals surface area contributed by atoms with Gasteiger partial charge in [0.25, 0.3) is 5.91 Å². The summed E-state index contributed by atoms with van der Waals surface area (Å²) in [7, 11) is 0. The number of hydrogen-bond donors (Lipinski definition) is 2. The number of aromatic nitrogens is 4. The first-order valence-electron chi connectivity index (χ1n) is 9.19. The normalized spacial score (nSPS) is 19.6. The lowest BCUT2D eigenvalue weighted by Gasteiger charge is -2.23. The van der Waals surface area contributed by atoms with Crippen molar-refractivity contribution in [2.24, 2.45) is 0 Å². The smallest absolute Gasteiger partial charge is 0.325 e. The van der Waals surface area contributed by atoms with Crippen molar-refractivity contribution < 1.29 is 14.4 Å². The third-order valence-electron chi connectivity index (χ3n) is 4.96. The maximum Gasteiger partial charge on any atom is 0.325 e. The molecule has 2 unspecified atom stereocenters. The first-order valence-corrected chi connectivity index (χ1v) is 10.1. The van der Waals surface area contributed by atoms with Crippen LogP contribution in [0.5, 0.6) is 0 Å². The van der Waals surface area contributed by atoms with Gasteiger partial charge in [-0.1, -0.05) is 18.2 Å². The van der Waals surface area contributed by atoms with Gasteiger partial charge in [0.05, 0.1) is 11.7 Å². The second-order valence-electron chi connectivity index (χ2n) is 7.06. The third-order valence-corrected chi connectivity index (χ3v) is 6.02. The summed E-state index contributed by atoms with van der Waals surface area (Å²) in [5.41, 5.74) is -0.105. The summed E-state index contributed by atoms with van der Waals surface area (Å²) in [6, 6.07) is 9.96. The molecule has 1 aliphatic heterocycles. The molecule has 2 atom stereocenters. The summed E-state index contributed by atoms with van der Waals surface area (Å²) in [6.07, 6.45) is 1.43. The Morgan fingerprint density at radius 2 is 2.13 bits per heavy atom. The Labute approximate surface area is 175 Å². The fourth-order valence-corrected chi connectivity index (χ4v) is 4.05. The van der Waals surface area contributed by atoms with Gasteiger partial charge >= 0.3 is 6.03 Å². The lowest BCUT2D eigenvalue weighted by molar-refractivity contribution is -0.135. The Morgan fingerprint density at radius 1 is 1.30 bits per heavy atom. The topological polar surface area (TPSA) is 122 Å². The fourth-order valence-electron chi connectivity index (χ4n) is 3.31. The van der Waals surface area contributed by atoms with E-state index in [9.17, 15) is 14.4 Å². The minimum absolute atomic E-state index is 0.211. The molecule has 1 aromatic carbocycles. The molecule has 4 rings (SSSR count). The first kappa shape index (κ1) is 19.7. The predicted molar refractivity (Wildman–Crippen MR) is 108 cm³/mol. The van der Waals surface area contributed by atoms with E-state index in [-0.39, 0.29) is 12.6 Å². The van der Waals surface area contributed by atoms with Crippen LogP contribution in [0.15, 0.2) is 48.1 Å². The van der Waals surface area contributed by atoms with Crippen LogP contribution in [0.25, 0.3) is 5.69 Å². The van der Waals surface area contributed by atoms with Crippen LogP contribution in [0.3, 0.4) is 0 Å². The molecule has 0 radical (unpaired) electrons. The van der Waals surface area contributed by atoms with Crippen molar-refractivity contribution >= 4 is 29.2 Å². The van der Waals surface area contributed by atoms with Gasteiger partial charge in [-0.15, -0.1) is 16.4 Å². The number of tetrazole rings is 1. The standard InChI is InChI=1S/C19H19N7O3S/c1-12(15-7-4-8-30-15)21-16(27)10-25-17(28)19(2,22-18(25)29)13-5-3-6-14(9-13)26-11-20-23-24-26/h3-9,11-12H,10H2,1-2H3,(H,21,27)(H,22,29). The number of benzene rings is 1. The summed E-state index contributed by atoms with van der Waals surface area (Å²) in [5, 5.41) is 18.5. The van der Waals surface area contributed by atoms with Gasteiger partial charge < -0.3 is 10.6 Å². The third kappa shape index (κ3) is 3.54. The number of imide groups is 1. The fraction of sp³-hybridized carbons (Fsp3) is 0.263. The zero-order chi connectivity index (χ0) is 21.3. The van der Waals surface area contributed by atoms with Gasteiger partial charge in [0.2, 0.25) is 5.91 Å². The maximum absolute atomic E-state index is 13.1. The molecule has 30 heavy (non-hydrogen) atoms. The summed E-state index contributed by atoms with van der Waals surface area (Å²) in [5.74, 6) is -0.911. The second-order valence-corrected chi connectivity index (χ2v) is 8.04. The second kappa shape index (κ2) is 7.67. The van der Waals surface area contributed by atoms with Crippen molar-refractivity contribution in [3.8, 4) is 5.69 Å². The molecule has 0 aliphatic carbocycles. The van der Waals surface area contributed by atoms with Gasteiger partial charge in [-0.25, -0.2) is 9.48 Å². The highest BCUT2D eigenvalue weighted by atomic mass is 32.1. The van der Waals surface area contributed by atoms with Crippen molar-refractivity contribution in [3.63, 3.8) is 0 Å². The van der Waals surface area contributed by atoms with Crippen LogP contribution in [0, 0.1) is 0 Å². The molecule has 1 saturated heterocycles. The highest BCUT2D eigenvalue weighted by molar-refractivity contribution is 7.10. The van der Waals surface area contributed by atoms with Crippen LogP contribution < -0.4 is 10.6 Å². The average Bonchev–Trinajstić information content (AvgIpc) is 3.48. The molecular formula is C19H19N7O3S. The molecule has 3 heterocycles. The van der Waals surface area contributed by atoms with Gasteiger partial charge in [-0.3, -0.25) is 14.5 Å². The lowest BCUT2D eigenvalue weighted by atomic mass is 9.91. The molecule has 2 N–H and O–H groups in total. The number of carbonyl (C=O) groups excluding carboxylic acids is 3. The minimum Gasteiger partial charge on any atom is -0.347 e. The number of amides is 4. The molecule has 10 nitrogen and oxygen atoms in total. The average molecular weight is 425 g/mol. The summed E-state index contributed by atoms with van der Waals surface area (Å²) in [4.78, 5) is 40.0. The van der Waals surface area contributed by atoms with Gasteiger partial charge in [0.15, 0.2) is 0 Å². The Balaban J connectivity index is 1.51. The summed E-state index contributed by atoms with van der Waals surface area (Å²) < 4.78 is 1.45. The number of nitrogens with one attached hydrogen (secondary N) is 2. The molecule has 0 bridgehead atoms. The molecule has 1 aliphatic rings. The molecule has 1 fully saturated rings. The van der Waals surface area contributed by atoms with Crippen LogP contribution in [0.2, 0.25) is 0 Å². The Kier molecular flexibility index (Phi) is 5.04. The monoisotopic (exact) mass is 425 g/mol. The van der Waals surface area contributed by atoms with Crippen molar-refractivity contribution in [2.45, 2.75) is 25.4 Å². The van der Waals surface area contributed by atoms with Crippen LogP contribution in [0.1, 0.15) is 30.3 Å². The Morgan fingerprint density at radius 3 is 2.83 bits per heavy atom. The quantitative estimate of drug-likeness (QED) is 0.575. The van der Waals surface area contributed by atoms with E-state index in [1.807, 2.05) is 24.4 Å². The predicted octanol–water partition coefficient (Wildman–Crippen LogP) is 1.37. The number of urea groups is 1. The van der Waals surface area contributed by atoms with E-state index in [1.165, 1.54) is 22.3 Å². The molecular weight excluding hydrogens is 406 g/mol. The van der Waals surface area contributed by atoms with Crippen molar-refractivity contribution in [1.29, 1.82) is 0 Å². The van der Waals surface area contributed by atoms with E-state index in [4.69, 9.17) is 0 Å². The van der Waals surface area contributed by atoms with E-state index in [1.54, 1.807) is 31.2 Å². The van der Waals surface area contributed by atoms with Crippen LogP contribution >= 0.6 is 11.3 Å². The summed E-state index contributed by atoms with van der Waals surface area (Å²) >= 11 is 1.52.